The zero-order chi connectivity index (χ0) is 18.1. The smallest absolute Gasteiger partial charge is 0.239 e. The number of aromatic nitrogens is 3. The zero-order valence-electron chi connectivity index (χ0n) is 15.9. The van der Waals surface area contributed by atoms with Gasteiger partial charge >= 0.3 is 0 Å². The Kier molecular flexibility index (Phi) is 4.94. The molecule has 0 unspecified atom stereocenters. The third-order valence-corrected chi connectivity index (χ3v) is 6.12. The number of piperidine rings is 2. The first-order valence-electron chi connectivity index (χ1n) is 9.95. The monoisotopic (exact) mass is 355 g/mol. The molecule has 140 valence electrons. The molecular weight excluding hydrogens is 326 g/mol. The third-order valence-electron chi connectivity index (χ3n) is 6.12. The summed E-state index contributed by atoms with van der Waals surface area (Å²) >= 11 is 0. The Bertz CT molecular complexity index is 772. The lowest BCUT2D eigenvalue weighted by Crippen LogP contribution is -2.50. The van der Waals surface area contributed by atoms with E-state index < -0.39 is 0 Å². The third kappa shape index (κ3) is 3.22. The number of likely N-dealkylation sites (tertiary alicyclic amines) is 2. The topological polar surface area (TPSA) is 54.3 Å². The van der Waals surface area contributed by atoms with Gasteiger partial charge in [0.25, 0.3) is 0 Å². The number of fused-ring (bicyclic) bond motifs is 1. The fourth-order valence-corrected chi connectivity index (χ4v) is 4.52. The molecular formula is C20H29N5O. The van der Waals surface area contributed by atoms with Crippen LogP contribution in [0.15, 0.2) is 18.3 Å². The van der Waals surface area contributed by atoms with E-state index >= 15 is 0 Å². The van der Waals surface area contributed by atoms with Crippen molar-refractivity contribution in [1.29, 1.82) is 0 Å². The molecule has 4 heterocycles. The number of rotatable bonds is 3. The van der Waals surface area contributed by atoms with Crippen LogP contribution in [0.2, 0.25) is 0 Å². The molecule has 2 saturated heterocycles. The van der Waals surface area contributed by atoms with Crippen molar-refractivity contribution in [2.75, 3.05) is 26.2 Å². The first kappa shape index (κ1) is 17.5. The molecule has 6 nitrogen and oxygen atoms in total. The van der Waals surface area contributed by atoms with Crippen molar-refractivity contribution in [3.63, 3.8) is 0 Å². The molecule has 2 aliphatic heterocycles. The minimum Gasteiger partial charge on any atom is -0.341 e. The average molecular weight is 355 g/mol. The maximum Gasteiger partial charge on any atom is 0.239 e. The molecule has 2 aromatic heterocycles. The Morgan fingerprint density at radius 2 is 1.88 bits per heavy atom. The van der Waals surface area contributed by atoms with Gasteiger partial charge in [-0.15, -0.1) is 0 Å². The first-order chi connectivity index (χ1) is 12.6. The second kappa shape index (κ2) is 7.35. The Morgan fingerprint density at radius 3 is 2.62 bits per heavy atom. The van der Waals surface area contributed by atoms with Crippen LogP contribution in [0.5, 0.6) is 0 Å². The number of carbonyl (C=O) groups is 1. The van der Waals surface area contributed by atoms with Crippen molar-refractivity contribution in [1.82, 2.24) is 24.6 Å². The van der Waals surface area contributed by atoms with Gasteiger partial charge in [0.1, 0.15) is 0 Å². The number of hydrogen-bond donors (Lipinski definition) is 0. The van der Waals surface area contributed by atoms with Crippen molar-refractivity contribution in [2.45, 2.75) is 51.0 Å². The van der Waals surface area contributed by atoms with Gasteiger partial charge in [-0.3, -0.25) is 14.4 Å². The molecule has 4 rings (SSSR count). The van der Waals surface area contributed by atoms with Crippen LogP contribution >= 0.6 is 0 Å². The molecule has 0 radical (unpaired) electrons. The molecule has 0 aliphatic carbocycles. The number of hydrogen-bond acceptors (Lipinski definition) is 4. The van der Waals surface area contributed by atoms with E-state index in [-0.39, 0.29) is 6.04 Å². The van der Waals surface area contributed by atoms with Crippen molar-refractivity contribution >= 4 is 16.9 Å². The lowest BCUT2D eigenvalue weighted by molar-refractivity contribution is -0.137. The number of carbonyl (C=O) groups excluding carboxylic acids is 1. The molecule has 2 aromatic rings. The van der Waals surface area contributed by atoms with E-state index in [0.29, 0.717) is 11.8 Å². The predicted octanol–water partition coefficient (Wildman–Crippen LogP) is 2.55. The first-order valence-corrected chi connectivity index (χ1v) is 9.95. The Morgan fingerprint density at radius 1 is 1.15 bits per heavy atom. The van der Waals surface area contributed by atoms with Crippen LogP contribution in [0.3, 0.4) is 0 Å². The van der Waals surface area contributed by atoms with Gasteiger partial charge in [0, 0.05) is 37.6 Å². The highest BCUT2D eigenvalue weighted by atomic mass is 16.2. The zero-order valence-corrected chi connectivity index (χ0v) is 15.9. The standard InChI is InChI=1S/C20H29N5O/c1-15(24-11-4-3-5-12-24)20(26)25-13-8-16(9-14-25)18-17-7-6-10-21-19(17)23(2)22-18/h6-7,10,15-16H,3-5,8-9,11-14H2,1-2H3/t15-/m1/s1. The molecule has 0 bridgehead atoms. The summed E-state index contributed by atoms with van der Waals surface area (Å²) in [6, 6.07) is 4.11. The molecule has 0 N–H and O–H groups in total. The van der Waals surface area contributed by atoms with Crippen molar-refractivity contribution in [3.05, 3.63) is 24.0 Å². The quantitative estimate of drug-likeness (QED) is 0.849. The van der Waals surface area contributed by atoms with Gasteiger partial charge in [-0.1, -0.05) is 6.42 Å². The van der Waals surface area contributed by atoms with E-state index in [0.717, 1.165) is 55.7 Å². The van der Waals surface area contributed by atoms with Crippen LogP contribution in [0.25, 0.3) is 11.0 Å². The molecule has 2 fully saturated rings. The summed E-state index contributed by atoms with van der Waals surface area (Å²) in [7, 11) is 1.96. The van der Waals surface area contributed by atoms with Crippen LogP contribution in [0, 0.1) is 0 Å². The minimum atomic E-state index is 0.0201. The van der Waals surface area contributed by atoms with Crippen LogP contribution in [-0.2, 0) is 11.8 Å². The van der Waals surface area contributed by atoms with Crippen LogP contribution in [0.4, 0.5) is 0 Å². The number of pyridine rings is 1. The Hall–Kier alpha value is -1.95. The van der Waals surface area contributed by atoms with Crippen molar-refractivity contribution in [2.24, 2.45) is 7.05 Å². The van der Waals surface area contributed by atoms with E-state index in [9.17, 15) is 4.79 Å². The van der Waals surface area contributed by atoms with Crippen LogP contribution in [-0.4, -0.2) is 62.7 Å². The maximum atomic E-state index is 12.9. The van der Waals surface area contributed by atoms with Crippen molar-refractivity contribution in [3.8, 4) is 0 Å². The molecule has 0 spiro atoms. The Labute approximate surface area is 155 Å². The van der Waals surface area contributed by atoms with Crippen LogP contribution < -0.4 is 0 Å². The molecule has 1 atom stereocenters. The molecule has 2 aliphatic rings. The highest BCUT2D eigenvalue weighted by Crippen LogP contribution is 2.32. The van der Waals surface area contributed by atoms with Crippen molar-refractivity contribution < 1.29 is 4.79 Å². The summed E-state index contributed by atoms with van der Waals surface area (Å²) in [5.41, 5.74) is 2.09. The minimum absolute atomic E-state index is 0.0201. The van der Waals surface area contributed by atoms with Crippen LogP contribution in [0.1, 0.15) is 50.6 Å². The highest BCUT2D eigenvalue weighted by molar-refractivity contribution is 5.82. The lowest BCUT2D eigenvalue weighted by atomic mass is 9.91. The summed E-state index contributed by atoms with van der Waals surface area (Å²) in [6.45, 7) is 5.88. The number of aryl methyl sites for hydroxylation is 1. The SMILES string of the molecule is C[C@H](C(=O)N1CCC(c2nn(C)c3ncccc23)CC1)N1CCCCC1. The summed E-state index contributed by atoms with van der Waals surface area (Å²) in [5, 5.41) is 5.89. The second-order valence-electron chi connectivity index (χ2n) is 7.76. The van der Waals surface area contributed by atoms with Gasteiger partial charge < -0.3 is 4.90 Å². The van der Waals surface area contributed by atoms with Gasteiger partial charge in [-0.2, -0.15) is 5.10 Å². The van der Waals surface area contributed by atoms with E-state index in [1.165, 1.54) is 19.3 Å². The number of amides is 1. The molecule has 0 aromatic carbocycles. The molecule has 26 heavy (non-hydrogen) atoms. The van der Waals surface area contributed by atoms with Gasteiger partial charge in [-0.05, 0) is 57.8 Å². The van der Waals surface area contributed by atoms with E-state index in [1.54, 1.807) is 0 Å². The van der Waals surface area contributed by atoms with E-state index in [1.807, 2.05) is 24.0 Å². The normalized spacial score (nSPS) is 21.2. The maximum absolute atomic E-state index is 12.9. The second-order valence-corrected chi connectivity index (χ2v) is 7.76. The average Bonchev–Trinajstić information content (AvgIpc) is 3.05. The highest BCUT2D eigenvalue weighted by Gasteiger charge is 2.31. The van der Waals surface area contributed by atoms with E-state index in [4.69, 9.17) is 5.10 Å². The predicted molar refractivity (Wildman–Crippen MR) is 102 cm³/mol. The van der Waals surface area contributed by atoms with Gasteiger partial charge in [-0.25, -0.2) is 4.98 Å². The van der Waals surface area contributed by atoms with E-state index in [2.05, 4.69) is 27.8 Å². The largest absolute Gasteiger partial charge is 0.341 e. The Balaban J connectivity index is 1.41. The molecule has 0 saturated carbocycles. The lowest BCUT2D eigenvalue weighted by Gasteiger charge is -2.37. The summed E-state index contributed by atoms with van der Waals surface area (Å²) in [6.07, 6.45) is 7.53. The van der Waals surface area contributed by atoms with Gasteiger partial charge in [0.15, 0.2) is 5.65 Å². The van der Waals surface area contributed by atoms with Gasteiger partial charge in [0.2, 0.25) is 5.91 Å². The summed E-state index contributed by atoms with van der Waals surface area (Å²) in [4.78, 5) is 21.8. The fraction of sp³-hybridized carbons (Fsp3) is 0.650. The summed E-state index contributed by atoms with van der Waals surface area (Å²) in [5.74, 6) is 0.718. The molecule has 1 amide bonds. The van der Waals surface area contributed by atoms with Gasteiger partial charge in [0.05, 0.1) is 11.7 Å². The number of nitrogens with zero attached hydrogens (tertiary/aromatic N) is 5. The molecule has 6 heteroatoms. The fourth-order valence-electron chi connectivity index (χ4n) is 4.52. The summed E-state index contributed by atoms with van der Waals surface area (Å²) < 4.78 is 1.88.